The monoisotopic (exact) mass is 172 g/mol. The standard InChI is InChI=1S/C8H12O4/c1-3-7(9)12-8-5-10-4-6(2)11-8/h3,6,8H,1,4-5H2,2H3. The summed E-state index contributed by atoms with van der Waals surface area (Å²) in [5, 5.41) is 0. The van der Waals surface area contributed by atoms with Crippen molar-refractivity contribution in [3.8, 4) is 0 Å². The van der Waals surface area contributed by atoms with Crippen LogP contribution in [0.2, 0.25) is 0 Å². The molecule has 0 aromatic heterocycles. The van der Waals surface area contributed by atoms with Crippen LogP contribution < -0.4 is 0 Å². The maximum atomic E-state index is 10.7. The highest BCUT2D eigenvalue weighted by Gasteiger charge is 2.21. The molecule has 0 N–H and O–H groups in total. The van der Waals surface area contributed by atoms with Crippen LogP contribution in [-0.4, -0.2) is 31.6 Å². The SMILES string of the molecule is C=CC(=O)OC1COCC(C)O1. The van der Waals surface area contributed by atoms with Gasteiger partial charge in [0.25, 0.3) is 0 Å². The van der Waals surface area contributed by atoms with Crippen LogP contribution in [0.5, 0.6) is 0 Å². The Morgan fingerprint density at radius 2 is 2.42 bits per heavy atom. The van der Waals surface area contributed by atoms with Crippen molar-refractivity contribution in [2.45, 2.75) is 19.3 Å². The molecule has 2 atom stereocenters. The minimum Gasteiger partial charge on any atom is -0.430 e. The first kappa shape index (κ1) is 9.22. The highest BCUT2D eigenvalue weighted by molar-refractivity contribution is 5.81. The Bertz CT molecular complexity index is 178. The Kier molecular flexibility index (Phi) is 3.25. The fourth-order valence-corrected chi connectivity index (χ4v) is 0.907. The van der Waals surface area contributed by atoms with Gasteiger partial charge in [-0.15, -0.1) is 0 Å². The van der Waals surface area contributed by atoms with E-state index in [2.05, 4.69) is 6.58 Å². The third-order valence-electron chi connectivity index (χ3n) is 1.40. The van der Waals surface area contributed by atoms with Gasteiger partial charge in [0.2, 0.25) is 6.29 Å². The molecule has 1 rings (SSSR count). The summed E-state index contributed by atoms with van der Waals surface area (Å²) >= 11 is 0. The van der Waals surface area contributed by atoms with Crippen molar-refractivity contribution in [2.24, 2.45) is 0 Å². The number of rotatable bonds is 2. The minimum atomic E-state index is -0.584. The Morgan fingerprint density at radius 1 is 1.67 bits per heavy atom. The molecule has 1 heterocycles. The van der Waals surface area contributed by atoms with Crippen LogP contribution in [0.4, 0.5) is 0 Å². The van der Waals surface area contributed by atoms with E-state index < -0.39 is 12.3 Å². The molecule has 4 heteroatoms. The van der Waals surface area contributed by atoms with Crippen molar-refractivity contribution < 1.29 is 19.0 Å². The molecular formula is C8H12O4. The summed E-state index contributed by atoms with van der Waals surface area (Å²) in [6.07, 6.45) is 0.489. The van der Waals surface area contributed by atoms with Gasteiger partial charge in [-0.2, -0.15) is 0 Å². The first-order valence-corrected chi connectivity index (χ1v) is 3.78. The summed E-state index contributed by atoms with van der Waals surface area (Å²) in [5.74, 6) is -0.488. The van der Waals surface area contributed by atoms with Crippen LogP contribution in [0.1, 0.15) is 6.92 Å². The lowest BCUT2D eigenvalue weighted by Gasteiger charge is -2.26. The van der Waals surface area contributed by atoms with E-state index in [1.54, 1.807) is 0 Å². The molecule has 0 saturated carbocycles. The predicted octanol–water partition coefficient (Wildman–Crippen LogP) is 0.477. The first-order chi connectivity index (χ1) is 5.72. The van der Waals surface area contributed by atoms with Crippen LogP contribution in [0, 0.1) is 0 Å². The Balaban J connectivity index is 2.31. The average Bonchev–Trinajstić information content (AvgIpc) is 2.04. The zero-order valence-corrected chi connectivity index (χ0v) is 6.99. The molecule has 1 fully saturated rings. The predicted molar refractivity (Wildman–Crippen MR) is 41.4 cm³/mol. The van der Waals surface area contributed by atoms with Gasteiger partial charge in [0.15, 0.2) is 0 Å². The van der Waals surface area contributed by atoms with E-state index in [1.807, 2.05) is 6.92 Å². The Hall–Kier alpha value is -0.870. The second-order valence-electron chi connectivity index (χ2n) is 2.55. The first-order valence-electron chi connectivity index (χ1n) is 3.78. The number of carbonyl (C=O) groups excluding carboxylic acids is 1. The van der Waals surface area contributed by atoms with Gasteiger partial charge in [0.1, 0.15) is 6.61 Å². The third kappa shape index (κ3) is 2.64. The molecule has 1 saturated heterocycles. The minimum absolute atomic E-state index is 0.0265. The second-order valence-corrected chi connectivity index (χ2v) is 2.55. The lowest BCUT2D eigenvalue weighted by atomic mass is 10.4. The van der Waals surface area contributed by atoms with Gasteiger partial charge >= 0.3 is 5.97 Å². The molecule has 0 aromatic rings. The summed E-state index contributed by atoms with van der Waals surface area (Å²) in [7, 11) is 0. The lowest BCUT2D eigenvalue weighted by Crippen LogP contribution is -2.37. The van der Waals surface area contributed by atoms with E-state index in [4.69, 9.17) is 14.2 Å². The fourth-order valence-electron chi connectivity index (χ4n) is 0.907. The summed E-state index contributed by atoms with van der Waals surface area (Å²) in [4.78, 5) is 10.7. The van der Waals surface area contributed by atoms with Gasteiger partial charge in [0.05, 0.1) is 12.7 Å². The van der Waals surface area contributed by atoms with Crippen molar-refractivity contribution in [1.29, 1.82) is 0 Å². The van der Waals surface area contributed by atoms with Crippen LogP contribution in [0.25, 0.3) is 0 Å². The van der Waals surface area contributed by atoms with E-state index in [0.717, 1.165) is 6.08 Å². The lowest BCUT2D eigenvalue weighted by molar-refractivity contribution is -0.231. The fraction of sp³-hybridized carbons (Fsp3) is 0.625. The van der Waals surface area contributed by atoms with Gasteiger partial charge in [0, 0.05) is 6.08 Å². The maximum Gasteiger partial charge on any atom is 0.332 e. The third-order valence-corrected chi connectivity index (χ3v) is 1.40. The molecule has 2 unspecified atom stereocenters. The molecule has 1 aliphatic heterocycles. The second kappa shape index (κ2) is 4.23. The Labute approximate surface area is 71.1 Å². The number of esters is 1. The van der Waals surface area contributed by atoms with Crippen LogP contribution in [0.15, 0.2) is 12.7 Å². The molecule has 0 spiro atoms. The van der Waals surface area contributed by atoms with E-state index in [9.17, 15) is 4.79 Å². The number of carbonyl (C=O) groups is 1. The van der Waals surface area contributed by atoms with Gasteiger partial charge < -0.3 is 14.2 Å². The van der Waals surface area contributed by atoms with Crippen LogP contribution >= 0.6 is 0 Å². The summed E-state index contributed by atoms with van der Waals surface area (Å²) in [5.41, 5.74) is 0. The summed E-state index contributed by atoms with van der Waals surface area (Å²) in [6, 6.07) is 0. The molecule has 68 valence electrons. The van der Waals surface area contributed by atoms with Gasteiger partial charge in [-0.25, -0.2) is 4.79 Å². The zero-order chi connectivity index (χ0) is 8.97. The smallest absolute Gasteiger partial charge is 0.332 e. The number of ether oxygens (including phenoxy) is 3. The number of hydrogen-bond acceptors (Lipinski definition) is 4. The highest BCUT2D eigenvalue weighted by atomic mass is 16.7. The van der Waals surface area contributed by atoms with Crippen LogP contribution in [0.3, 0.4) is 0 Å². The zero-order valence-electron chi connectivity index (χ0n) is 6.99. The van der Waals surface area contributed by atoms with Crippen LogP contribution in [-0.2, 0) is 19.0 Å². The van der Waals surface area contributed by atoms with Crippen molar-refractivity contribution >= 4 is 5.97 Å². The normalized spacial score (nSPS) is 29.4. The van der Waals surface area contributed by atoms with E-state index in [-0.39, 0.29) is 6.10 Å². The maximum absolute atomic E-state index is 10.7. The molecule has 0 bridgehead atoms. The molecule has 4 nitrogen and oxygen atoms in total. The van der Waals surface area contributed by atoms with Gasteiger partial charge in [-0.3, -0.25) is 0 Å². The summed E-state index contributed by atoms with van der Waals surface area (Å²) in [6.45, 7) is 5.97. The summed E-state index contributed by atoms with van der Waals surface area (Å²) < 4.78 is 15.2. The molecule has 12 heavy (non-hydrogen) atoms. The van der Waals surface area contributed by atoms with E-state index in [1.165, 1.54) is 0 Å². The molecular weight excluding hydrogens is 160 g/mol. The largest absolute Gasteiger partial charge is 0.430 e. The van der Waals surface area contributed by atoms with Gasteiger partial charge in [-0.1, -0.05) is 6.58 Å². The van der Waals surface area contributed by atoms with Gasteiger partial charge in [-0.05, 0) is 6.92 Å². The molecule has 0 aromatic carbocycles. The molecule has 0 radical (unpaired) electrons. The number of hydrogen-bond donors (Lipinski definition) is 0. The van der Waals surface area contributed by atoms with Crippen molar-refractivity contribution in [3.63, 3.8) is 0 Å². The topological polar surface area (TPSA) is 44.8 Å². The quantitative estimate of drug-likeness (QED) is 0.449. The van der Waals surface area contributed by atoms with E-state index >= 15 is 0 Å². The molecule has 0 amide bonds. The highest BCUT2D eigenvalue weighted by Crippen LogP contribution is 2.08. The Morgan fingerprint density at radius 3 is 3.00 bits per heavy atom. The van der Waals surface area contributed by atoms with Crippen molar-refractivity contribution in [2.75, 3.05) is 13.2 Å². The van der Waals surface area contributed by atoms with Crippen molar-refractivity contribution in [3.05, 3.63) is 12.7 Å². The van der Waals surface area contributed by atoms with E-state index in [0.29, 0.717) is 13.2 Å². The van der Waals surface area contributed by atoms with Crippen molar-refractivity contribution in [1.82, 2.24) is 0 Å². The average molecular weight is 172 g/mol. The molecule has 0 aliphatic carbocycles. The molecule has 1 aliphatic rings.